The van der Waals surface area contributed by atoms with Crippen LogP contribution in [-0.2, 0) is 11.2 Å². The van der Waals surface area contributed by atoms with Gasteiger partial charge >= 0.3 is 0 Å². The summed E-state index contributed by atoms with van der Waals surface area (Å²) in [5, 5.41) is 13.1. The van der Waals surface area contributed by atoms with Crippen molar-refractivity contribution in [3.63, 3.8) is 0 Å². The van der Waals surface area contributed by atoms with Gasteiger partial charge in [0.15, 0.2) is 0 Å². The van der Waals surface area contributed by atoms with Gasteiger partial charge in [-0.1, -0.05) is 24.3 Å². The summed E-state index contributed by atoms with van der Waals surface area (Å²) < 4.78 is 5.15. The molecule has 2 aromatic rings. The lowest BCUT2D eigenvalue weighted by atomic mass is 10.1. The van der Waals surface area contributed by atoms with Gasteiger partial charge in [0.25, 0.3) is 0 Å². The van der Waals surface area contributed by atoms with Crippen molar-refractivity contribution in [1.29, 1.82) is 0 Å². The van der Waals surface area contributed by atoms with Crippen LogP contribution >= 0.6 is 0 Å². The van der Waals surface area contributed by atoms with Crippen molar-refractivity contribution >= 4 is 11.6 Å². The Labute approximate surface area is 148 Å². The molecule has 2 aromatic carbocycles. The minimum Gasteiger partial charge on any atom is -0.506 e. The maximum atomic E-state index is 12.7. The molecular weight excluding hydrogens is 316 g/mol. The maximum absolute atomic E-state index is 12.7. The number of benzene rings is 2. The van der Waals surface area contributed by atoms with Crippen molar-refractivity contribution < 1.29 is 14.6 Å². The van der Waals surface area contributed by atoms with E-state index in [0.29, 0.717) is 18.7 Å². The van der Waals surface area contributed by atoms with E-state index in [1.165, 1.54) is 0 Å². The second kappa shape index (κ2) is 7.92. The topological polar surface area (TPSA) is 61.8 Å². The number of methoxy groups -OCH3 is 1. The molecule has 0 bridgehead atoms. The first-order chi connectivity index (χ1) is 12.2. The molecule has 3 rings (SSSR count). The number of ether oxygens (including phenoxy) is 1. The predicted molar refractivity (Wildman–Crippen MR) is 98.0 cm³/mol. The molecule has 0 saturated carbocycles. The lowest BCUT2D eigenvalue weighted by Gasteiger charge is -2.25. The molecule has 5 nitrogen and oxygen atoms in total. The smallest absolute Gasteiger partial charge is 0.227 e. The second-order valence-corrected chi connectivity index (χ2v) is 6.31. The number of hydrogen-bond acceptors (Lipinski definition) is 4. The van der Waals surface area contributed by atoms with E-state index in [2.05, 4.69) is 5.32 Å². The average molecular weight is 340 g/mol. The van der Waals surface area contributed by atoms with Gasteiger partial charge in [-0.25, -0.2) is 0 Å². The van der Waals surface area contributed by atoms with Gasteiger partial charge in [0.1, 0.15) is 11.5 Å². The van der Waals surface area contributed by atoms with E-state index >= 15 is 0 Å². The largest absolute Gasteiger partial charge is 0.506 e. The van der Waals surface area contributed by atoms with Crippen molar-refractivity contribution in [3.8, 4) is 11.5 Å². The second-order valence-electron chi connectivity index (χ2n) is 6.31. The van der Waals surface area contributed by atoms with E-state index in [1.807, 2.05) is 41.3 Å². The highest BCUT2D eigenvalue weighted by molar-refractivity contribution is 5.79. The summed E-state index contributed by atoms with van der Waals surface area (Å²) in [6.45, 7) is 1.44. The molecule has 1 atom stereocenters. The number of hydrogen-bond donors (Lipinski definition) is 2. The Bertz CT molecular complexity index is 715. The molecule has 1 fully saturated rings. The Morgan fingerprint density at radius 3 is 2.72 bits per heavy atom. The summed E-state index contributed by atoms with van der Waals surface area (Å²) in [6, 6.07) is 14.9. The third-order valence-corrected chi connectivity index (χ3v) is 4.64. The standard InChI is InChI=1S/C20H24N2O3/c1-25-17-10-8-15(9-11-17)13-20(24)22-12-4-5-16(22)14-21-18-6-2-3-7-19(18)23/h2-3,6-11,16,21,23H,4-5,12-14H2,1H3/t16-/m1/s1. The van der Waals surface area contributed by atoms with Crippen molar-refractivity contribution in [2.75, 3.05) is 25.5 Å². The predicted octanol–water partition coefficient (Wildman–Crippen LogP) is 3.05. The molecule has 5 heteroatoms. The fraction of sp³-hybridized carbons (Fsp3) is 0.350. The van der Waals surface area contributed by atoms with Crippen LogP contribution in [0.1, 0.15) is 18.4 Å². The van der Waals surface area contributed by atoms with Gasteiger partial charge in [0.05, 0.1) is 19.2 Å². The number of likely N-dealkylation sites (tertiary alicyclic amines) is 1. The van der Waals surface area contributed by atoms with Crippen LogP contribution in [0.15, 0.2) is 48.5 Å². The normalized spacial score (nSPS) is 16.7. The summed E-state index contributed by atoms with van der Waals surface area (Å²) in [4.78, 5) is 14.6. The van der Waals surface area contributed by atoms with E-state index in [-0.39, 0.29) is 17.7 Å². The molecular formula is C20H24N2O3. The first-order valence-corrected chi connectivity index (χ1v) is 8.61. The Morgan fingerprint density at radius 1 is 1.24 bits per heavy atom. The van der Waals surface area contributed by atoms with Crippen LogP contribution in [0.2, 0.25) is 0 Å². The zero-order chi connectivity index (χ0) is 17.6. The molecule has 0 spiro atoms. The van der Waals surface area contributed by atoms with E-state index in [4.69, 9.17) is 4.74 Å². The zero-order valence-corrected chi connectivity index (χ0v) is 14.4. The maximum Gasteiger partial charge on any atom is 0.227 e. The number of aromatic hydroxyl groups is 1. The number of amides is 1. The van der Waals surface area contributed by atoms with Crippen LogP contribution in [0.5, 0.6) is 11.5 Å². The average Bonchev–Trinajstić information content (AvgIpc) is 3.10. The molecule has 0 radical (unpaired) electrons. The number of carbonyl (C=O) groups excluding carboxylic acids is 1. The number of para-hydroxylation sites is 2. The first kappa shape index (κ1) is 17.1. The van der Waals surface area contributed by atoms with Gasteiger partial charge in [-0.2, -0.15) is 0 Å². The quantitative estimate of drug-likeness (QED) is 0.794. The highest BCUT2D eigenvalue weighted by Gasteiger charge is 2.28. The molecule has 132 valence electrons. The number of phenolic OH excluding ortho intramolecular Hbond substituents is 1. The van der Waals surface area contributed by atoms with Gasteiger partial charge in [-0.15, -0.1) is 0 Å². The highest BCUT2D eigenvalue weighted by Crippen LogP contribution is 2.24. The van der Waals surface area contributed by atoms with Gasteiger partial charge in [0, 0.05) is 19.1 Å². The molecule has 2 N–H and O–H groups in total. The number of nitrogens with one attached hydrogen (secondary N) is 1. The van der Waals surface area contributed by atoms with Crippen LogP contribution < -0.4 is 10.1 Å². The molecule has 0 aromatic heterocycles. The van der Waals surface area contributed by atoms with E-state index in [1.54, 1.807) is 19.2 Å². The van der Waals surface area contributed by atoms with E-state index in [0.717, 1.165) is 30.7 Å². The number of nitrogens with zero attached hydrogens (tertiary/aromatic N) is 1. The number of carbonyl (C=O) groups is 1. The van der Waals surface area contributed by atoms with Gasteiger partial charge < -0.3 is 20.1 Å². The fourth-order valence-corrected chi connectivity index (χ4v) is 3.25. The molecule has 1 heterocycles. The summed E-state index contributed by atoms with van der Waals surface area (Å²) in [6.07, 6.45) is 2.40. The molecule has 1 aliphatic heterocycles. The first-order valence-electron chi connectivity index (χ1n) is 8.61. The Balaban J connectivity index is 1.58. The summed E-state index contributed by atoms with van der Waals surface area (Å²) >= 11 is 0. The Hall–Kier alpha value is -2.69. The minimum absolute atomic E-state index is 0.145. The van der Waals surface area contributed by atoms with Crippen LogP contribution in [0, 0.1) is 0 Å². The summed E-state index contributed by atoms with van der Waals surface area (Å²) in [5.41, 5.74) is 1.70. The van der Waals surface area contributed by atoms with Crippen LogP contribution in [0.3, 0.4) is 0 Å². The van der Waals surface area contributed by atoms with Crippen LogP contribution in [0.4, 0.5) is 5.69 Å². The van der Waals surface area contributed by atoms with Crippen molar-refractivity contribution in [3.05, 3.63) is 54.1 Å². The number of anilines is 1. The molecule has 0 unspecified atom stereocenters. The highest BCUT2D eigenvalue weighted by atomic mass is 16.5. The van der Waals surface area contributed by atoms with Crippen LogP contribution in [0.25, 0.3) is 0 Å². The van der Waals surface area contributed by atoms with Gasteiger partial charge in [0.2, 0.25) is 5.91 Å². The monoisotopic (exact) mass is 340 g/mol. The van der Waals surface area contributed by atoms with E-state index in [9.17, 15) is 9.90 Å². The minimum atomic E-state index is 0.145. The molecule has 25 heavy (non-hydrogen) atoms. The Kier molecular flexibility index (Phi) is 5.43. The van der Waals surface area contributed by atoms with Gasteiger partial charge in [-0.05, 0) is 42.7 Å². The van der Waals surface area contributed by atoms with E-state index < -0.39 is 0 Å². The molecule has 1 saturated heterocycles. The molecule has 1 aliphatic rings. The fourth-order valence-electron chi connectivity index (χ4n) is 3.25. The third-order valence-electron chi connectivity index (χ3n) is 4.64. The SMILES string of the molecule is COc1ccc(CC(=O)N2CCC[C@@H]2CNc2ccccc2O)cc1. The van der Waals surface area contributed by atoms with Crippen molar-refractivity contribution in [2.24, 2.45) is 0 Å². The lowest BCUT2D eigenvalue weighted by molar-refractivity contribution is -0.131. The van der Waals surface area contributed by atoms with Crippen molar-refractivity contribution in [1.82, 2.24) is 4.90 Å². The Morgan fingerprint density at radius 2 is 2.00 bits per heavy atom. The van der Waals surface area contributed by atoms with Gasteiger partial charge in [-0.3, -0.25) is 4.79 Å². The lowest BCUT2D eigenvalue weighted by Crippen LogP contribution is -2.40. The zero-order valence-electron chi connectivity index (χ0n) is 14.4. The van der Waals surface area contributed by atoms with Crippen molar-refractivity contribution in [2.45, 2.75) is 25.3 Å². The third kappa shape index (κ3) is 4.24. The molecule has 1 amide bonds. The number of phenols is 1. The molecule has 0 aliphatic carbocycles. The summed E-state index contributed by atoms with van der Waals surface area (Å²) in [5.74, 6) is 1.17. The van der Waals surface area contributed by atoms with Crippen LogP contribution in [-0.4, -0.2) is 42.2 Å². The summed E-state index contributed by atoms with van der Waals surface area (Å²) in [7, 11) is 1.63. The number of rotatable bonds is 6.